The molecule has 3 aromatic rings. The second-order valence-corrected chi connectivity index (χ2v) is 8.44. The third kappa shape index (κ3) is 7.01. The number of hydrogen-bond donors (Lipinski definition) is 2. The van der Waals surface area contributed by atoms with E-state index in [4.69, 9.17) is 16.3 Å². The zero-order chi connectivity index (χ0) is 24.2. The number of nitrogens with zero attached hydrogens (tertiary/aromatic N) is 1. The zero-order valence-electron chi connectivity index (χ0n) is 18.0. The summed E-state index contributed by atoms with van der Waals surface area (Å²) in [5, 5.41) is 5.38. The van der Waals surface area contributed by atoms with Gasteiger partial charge in [0, 0.05) is 17.4 Å². The largest absolute Gasteiger partial charge is 0.573 e. The highest BCUT2D eigenvalue weighted by atomic mass is 35.5. The van der Waals surface area contributed by atoms with Crippen molar-refractivity contribution in [2.45, 2.75) is 32.5 Å². The van der Waals surface area contributed by atoms with E-state index in [2.05, 4.69) is 20.4 Å². The molecule has 0 aliphatic rings. The molecule has 0 atom stereocenters. The van der Waals surface area contributed by atoms with Crippen molar-refractivity contribution in [2.75, 3.05) is 10.6 Å². The predicted molar refractivity (Wildman–Crippen MR) is 120 cm³/mol. The van der Waals surface area contributed by atoms with Gasteiger partial charge < -0.3 is 20.1 Å². The summed E-state index contributed by atoms with van der Waals surface area (Å²) in [7, 11) is 0. The molecule has 0 saturated heterocycles. The van der Waals surface area contributed by atoms with Gasteiger partial charge in [-0.25, -0.2) is 9.78 Å². The van der Waals surface area contributed by atoms with Gasteiger partial charge in [-0.3, -0.25) is 0 Å². The first-order chi connectivity index (χ1) is 15.4. The van der Waals surface area contributed by atoms with Crippen molar-refractivity contribution in [3.05, 3.63) is 71.4 Å². The standard InChI is InChI=1S/C23H21ClF3N3O3/c1-22(2,3)17-6-4-5-7-19(17)32-20-18(12-14(24)13-28-20)30-21(31)29-15-8-10-16(11-9-15)33-23(25,26)27/h4-13H,1-3H3,(H2,29,30,31). The lowest BCUT2D eigenvalue weighted by Gasteiger charge is -2.22. The van der Waals surface area contributed by atoms with Crippen LogP contribution in [0.4, 0.5) is 29.3 Å². The van der Waals surface area contributed by atoms with Gasteiger partial charge in [-0.05, 0) is 41.8 Å². The number of amides is 2. The Morgan fingerprint density at radius 2 is 1.67 bits per heavy atom. The number of alkyl halides is 3. The number of hydrogen-bond acceptors (Lipinski definition) is 4. The number of halogens is 4. The van der Waals surface area contributed by atoms with Crippen LogP contribution >= 0.6 is 11.6 Å². The summed E-state index contributed by atoms with van der Waals surface area (Å²) in [5.41, 5.74) is 1.20. The smallest absolute Gasteiger partial charge is 0.437 e. The number of para-hydroxylation sites is 1. The third-order valence-electron chi connectivity index (χ3n) is 4.31. The molecule has 0 aliphatic heterocycles. The number of carbonyl (C=O) groups is 1. The topological polar surface area (TPSA) is 72.5 Å². The number of anilines is 2. The van der Waals surface area contributed by atoms with E-state index in [0.29, 0.717) is 5.75 Å². The predicted octanol–water partition coefficient (Wildman–Crippen LogP) is 7.37. The lowest BCUT2D eigenvalue weighted by atomic mass is 9.86. The Hall–Kier alpha value is -3.46. The van der Waals surface area contributed by atoms with Crippen LogP contribution in [-0.2, 0) is 5.41 Å². The molecule has 2 aromatic carbocycles. The van der Waals surface area contributed by atoms with Crippen molar-refractivity contribution < 1.29 is 27.4 Å². The van der Waals surface area contributed by atoms with Crippen LogP contribution in [0.25, 0.3) is 0 Å². The van der Waals surface area contributed by atoms with Gasteiger partial charge in [0.1, 0.15) is 17.2 Å². The molecule has 0 fully saturated rings. The summed E-state index contributed by atoms with van der Waals surface area (Å²) in [5.74, 6) is 0.296. The molecule has 0 spiro atoms. The molecule has 6 nitrogen and oxygen atoms in total. The fourth-order valence-corrected chi connectivity index (χ4v) is 3.06. The number of rotatable bonds is 5. The van der Waals surface area contributed by atoms with Crippen molar-refractivity contribution in [1.82, 2.24) is 4.98 Å². The fraction of sp³-hybridized carbons (Fsp3) is 0.217. The summed E-state index contributed by atoms with van der Waals surface area (Å²) in [6.45, 7) is 6.13. The van der Waals surface area contributed by atoms with Gasteiger partial charge in [0.15, 0.2) is 0 Å². The number of urea groups is 1. The summed E-state index contributed by atoms with van der Waals surface area (Å²) in [6, 6.07) is 13.0. The Kier molecular flexibility index (Phi) is 7.02. The molecule has 1 aromatic heterocycles. The quantitative estimate of drug-likeness (QED) is 0.400. The van der Waals surface area contributed by atoms with E-state index < -0.39 is 18.1 Å². The minimum Gasteiger partial charge on any atom is -0.437 e. The zero-order valence-corrected chi connectivity index (χ0v) is 18.7. The maximum atomic E-state index is 12.5. The molecule has 10 heteroatoms. The Morgan fingerprint density at radius 3 is 2.30 bits per heavy atom. The van der Waals surface area contributed by atoms with Crippen LogP contribution in [0, 0.1) is 0 Å². The van der Waals surface area contributed by atoms with E-state index in [1.807, 2.05) is 39.0 Å². The average Bonchev–Trinajstić information content (AvgIpc) is 2.70. The summed E-state index contributed by atoms with van der Waals surface area (Å²) < 4.78 is 46.7. The molecule has 3 rings (SSSR count). The molecule has 174 valence electrons. The minimum absolute atomic E-state index is 0.125. The SMILES string of the molecule is CC(C)(C)c1ccccc1Oc1ncc(Cl)cc1NC(=O)Nc1ccc(OC(F)(F)F)cc1. The van der Waals surface area contributed by atoms with E-state index in [9.17, 15) is 18.0 Å². The van der Waals surface area contributed by atoms with Crippen LogP contribution in [-0.4, -0.2) is 17.4 Å². The van der Waals surface area contributed by atoms with Gasteiger partial charge in [0.05, 0.1) is 5.02 Å². The van der Waals surface area contributed by atoms with E-state index in [-0.39, 0.29) is 27.7 Å². The summed E-state index contributed by atoms with van der Waals surface area (Å²) in [4.78, 5) is 16.7. The van der Waals surface area contributed by atoms with Crippen LogP contribution in [0.2, 0.25) is 5.02 Å². The Labute approximate surface area is 193 Å². The van der Waals surface area contributed by atoms with Crippen LogP contribution < -0.4 is 20.1 Å². The second-order valence-electron chi connectivity index (χ2n) is 8.01. The summed E-state index contributed by atoms with van der Waals surface area (Å²) in [6.07, 6.45) is -3.41. The minimum atomic E-state index is -4.80. The molecule has 2 amide bonds. The van der Waals surface area contributed by atoms with E-state index in [1.54, 1.807) is 6.07 Å². The van der Waals surface area contributed by atoms with Gasteiger partial charge >= 0.3 is 12.4 Å². The van der Waals surface area contributed by atoms with Gasteiger partial charge in [0.25, 0.3) is 0 Å². The normalized spacial score (nSPS) is 11.6. The Bertz CT molecular complexity index is 1130. The molecule has 0 radical (unpaired) electrons. The molecular weight excluding hydrogens is 459 g/mol. The molecule has 33 heavy (non-hydrogen) atoms. The third-order valence-corrected chi connectivity index (χ3v) is 4.52. The molecular formula is C23H21ClF3N3O3. The number of aromatic nitrogens is 1. The first-order valence-electron chi connectivity index (χ1n) is 9.77. The summed E-state index contributed by atoms with van der Waals surface area (Å²) >= 11 is 6.04. The van der Waals surface area contributed by atoms with E-state index >= 15 is 0 Å². The number of ether oxygens (including phenoxy) is 2. The first-order valence-corrected chi connectivity index (χ1v) is 10.2. The van der Waals surface area contributed by atoms with Crippen molar-refractivity contribution in [2.24, 2.45) is 0 Å². The maximum Gasteiger partial charge on any atom is 0.573 e. The van der Waals surface area contributed by atoms with E-state index in [0.717, 1.165) is 17.7 Å². The van der Waals surface area contributed by atoms with Crippen molar-refractivity contribution in [3.8, 4) is 17.4 Å². The highest BCUT2D eigenvalue weighted by molar-refractivity contribution is 6.30. The maximum absolute atomic E-state index is 12.5. The number of benzene rings is 2. The number of pyridine rings is 1. The van der Waals surface area contributed by atoms with Crippen molar-refractivity contribution in [1.29, 1.82) is 0 Å². The lowest BCUT2D eigenvalue weighted by molar-refractivity contribution is -0.274. The second kappa shape index (κ2) is 9.58. The molecule has 1 heterocycles. The van der Waals surface area contributed by atoms with Crippen LogP contribution in [0.3, 0.4) is 0 Å². The molecule has 0 aliphatic carbocycles. The lowest BCUT2D eigenvalue weighted by Crippen LogP contribution is -2.20. The van der Waals surface area contributed by atoms with E-state index in [1.165, 1.54) is 24.4 Å². The Balaban J connectivity index is 1.76. The fourth-order valence-electron chi connectivity index (χ4n) is 2.90. The number of nitrogens with one attached hydrogen (secondary N) is 2. The molecule has 0 saturated carbocycles. The average molecular weight is 480 g/mol. The van der Waals surface area contributed by atoms with Crippen LogP contribution in [0.1, 0.15) is 26.3 Å². The van der Waals surface area contributed by atoms with Gasteiger partial charge in [0.2, 0.25) is 5.88 Å². The van der Waals surface area contributed by atoms with Crippen molar-refractivity contribution >= 4 is 29.0 Å². The molecule has 0 unspecified atom stereocenters. The van der Waals surface area contributed by atoms with Gasteiger partial charge in [-0.15, -0.1) is 13.2 Å². The number of carbonyl (C=O) groups excluding carboxylic acids is 1. The first kappa shape index (κ1) is 24.2. The molecule has 2 N–H and O–H groups in total. The van der Waals surface area contributed by atoms with Gasteiger partial charge in [-0.1, -0.05) is 50.6 Å². The van der Waals surface area contributed by atoms with Gasteiger partial charge in [-0.2, -0.15) is 0 Å². The van der Waals surface area contributed by atoms with Crippen LogP contribution in [0.15, 0.2) is 60.8 Å². The van der Waals surface area contributed by atoms with Crippen LogP contribution in [0.5, 0.6) is 17.4 Å². The molecule has 0 bridgehead atoms. The Morgan fingerprint density at radius 1 is 1.00 bits per heavy atom. The highest BCUT2D eigenvalue weighted by Crippen LogP contribution is 2.36. The van der Waals surface area contributed by atoms with Crippen molar-refractivity contribution in [3.63, 3.8) is 0 Å². The monoisotopic (exact) mass is 479 g/mol. The highest BCUT2D eigenvalue weighted by Gasteiger charge is 2.31.